The number of allylic oxidation sites excluding steroid dienone is 1. The molecule has 1 aliphatic heterocycles. The van der Waals surface area contributed by atoms with E-state index in [4.69, 9.17) is 14.7 Å². The van der Waals surface area contributed by atoms with Crippen molar-refractivity contribution in [3.05, 3.63) is 47.3 Å². The summed E-state index contributed by atoms with van der Waals surface area (Å²) in [6.45, 7) is 3.60. The lowest BCUT2D eigenvalue weighted by atomic mass is 9.78. The molecule has 1 aliphatic carbocycles. The van der Waals surface area contributed by atoms with Crippen LogP contribution < -0.4 is 0 Å². The molecule has 2 aliphatic rings. The van der Waals surface area contributed by atoms with Gasteiger partial charge in [0.25, 0.3) is 0 Å². The smallest absolute Gasteiger partial charge is 0.160 e. The SMILES string of the molecule is CCC=C[C@H]1CO[C@H]([C@H]2CC[C@H](c3ccc(C#N)c(F)c3)CC2)OC1. The van der Waals surface area contributed by atoms with Gasteiger partial charge >= 0.3 is 0 Å². The van der Waals surface area contributed by atoms with Gasteiger partial charge in [-0.05, 0) is 55.7 Å². The summed E-state index contributed by atoms with van der Waals surface area (Å²) in [5, 5.41) is 8.84. The Hall–Kier alpha value is -1.70. The van der Waals surface area contributed by atoms with E-state index < -0.39 is 5.82 Å². The minimum absolute atomic E-state index is 0.0927. The van der Waals surface area contributed by atoms with Gasteiger partial charge in [0.1, 0.15) is 11.9 Å². The summed E-state index contributed by atoms with van der Waals surface area (Å²) < 4.78 is 25.7. The Kier molecular flexibility index (Phi) is 6.23. The first-order valence-electron chi connectivity index (χ1n) is 9.30. The summed E-state index contributed by atoms with van der Waals surface area (Å²) in [6, 6.07) is 6.89. The molecule has 25 heavy (non-hydrogen) atoms. The standard InChI is InChI=1S/C21H26FNO2/c1-2-3-4-15-13-24-21(25-14-15)17-7-5-16(6-8-17)18-9-10-19(12-23)20(22)11-18/h3-4,9-11,15-17,21H,2,5-8,13-14H2,1H3/t15-,16-,17-,21-. The predicted molar refractivity (Wildman–Crippen MR) is 94.4 cm³/mol. The third kappa shape index (κ3) is 4.48. The molecule has 1 saturated carbocycles. The summed E-state index contributed by atoms with van der Waals surface area (Å²) in [5.74, 6) is 0.749. The van der Waals surface area contributed by atoms with Crippen molar-refractivity contribution in [3.63, 3.8) is 0 Å². The van der Waals surface area contributed by atoms with E-state index in [1.807, 2.05) is 12.1 Å². The fourth-order valence-corrected chi connectivity index (χ4v) is 3.85. The van der Waals surface area contributed by atoms with Crippen LogP contribution in [0.15, 0.2) is 30.4 Å². The van der Waals surface area contributed by atoms with E-state index in [0.29, 0.717) is 17.8 Å². The summed E-state index contributed by atoms with van der Waals surface area (Å²) in [4.78, 5) is 0. The van der Waals surface area contributed by atoms with Crippen LogP contribution in [0.1, 0.15) is 56.1 Å². The second-order valence-corrected chi connectivity index (χ2v) is 7.09. The topological polar surface area (TPSA) is 42.2 Å². The third-order valence-corrected chi connectivity index (χ3v) is 5.33. The van der Waals surface area contributed by atoms with E-state index in [2.05, 4.69) is 19.1 Å². The minimum Gasteiger partial charge on any atom is -0.352 e. The van der Waals surface area contributed by atoms with E-state index in [-0.39, 0.29) is 11.9 Å². The molecule has 3 nitrogen and oxygen atoms in total. The number of benzene rings is 1. The van der Waals surface area contributed by atoms with Gasteiger partial charge in [0.05, 0.1) is 18.8 Å². The van der Waals surface area contributed by atoms with Gasteiger partial charge in [-0.2, -0.15) is 5.26 Å². The van der Waals surface area contributed by atoms with Crippen LogP contribution in [-0.4, -0.2) is 19.5 Å². The van der Waals surface area contributed by atoms with Gasteiger partial charge in [-0.25, -0.2) is 4.39 Å². The Labute approximate surface area is 149 Å². The van der Waals surface area contributed by atoms with Crippen molar-refractivity contribution >= 4 is 0 Å². The van der Waals surface area contributed by atoms with Crippen LogP contribution in [-0.2, 0) is 9.47 Å². The summed E-state index contributed by atoms with van der Waals surface area (Å²) >= 11 is 0. The van der Waals surface area contributed by atoms with Crippen molar-refractivity contribution in [1.82, 2.24) is 0 Å². The molecule has 0 spiro atoms. The molecule has 0 N–H and O–H groups in total. The second-order valence-electron chi connectivity index (χ2n) is 7.09. The number of hydrogen-bond acceptors (Lipinski definition) is 3. The third-order valence-electron chi connectivity index (χ3n) is 5.33. The molecule has 3 rings (SSSR count). The van der Waals surface area contributed by atoms with Crippen LogP contribution in [0.3, 0.4) is 0 Å². The van der Waals surface area contributed by atoms with Gasteiger partial charge in [0, 0.05) is 11.8 Å². The zero-order valence-corrected chi connectivity index (χ0v) is 14.8. The number of ether oxygens (including phenoxy) is 2. The highest BCUT2D eigenvalue weighted by Gasteiger charge is 2.32. The van der Waals surface area contributed by atoms with Gasteiger partial charge in [0.2, 0.25) is 0 Å². The highest BCUT2D eigenvalue weighted by molar-refractivity contribution is 5.34. The Morgan fingerprint density at radius 1 is 1.20 bits per heavy atom. The average Bonchev–Trinajstić information content (AvgIpc) is 2.67. The van der Waals surface area contributed by atoms with Gasteiger partial charge in [-0.15, -0.1) is 0 Å². The number of halogens is 1. The maximum absolute atomic E-state index is 13.8. The van der Waals surface area contributed by atoms with Crippen molar-refractivity contribution in [1.29, 1.82) is 5.26 Å². The molecule has 0 radical (unpaired) electrons. The van der Waals surface area contributed by atoms with Crippen molar-refractivity contribution in [2.75, 3.05) is 13.2 Å². The van der Waals surface area contributed by atoms with Crippen LogP contribution in [0, 0.1) is 29.0 Å². The van der Waals surface area contributed by atoms with Crippen molar-refractivity contribution in [2.45, 2.75) is 51.2 Å². The van der Waals surface area contributed by atoms with E-state index in [9.17, 15) is 4.39 Å². The lowest BCUT2D eigenvalue weighted by molar-refractivity contribution is -0.222. The van der Waals surface area contributed by atoms with E-state index in [1.54, 1.807) is 6.07 Å². The Bertz CT molecular complexity index is 636. The molecule has 1 aromatic carbocycles. The molecule has 4 heteroatoms. The Balaban J connectivity index is 1.50. The molecule has 0 atom stereocenters. The molecule has 134 valence electrons. The van der Waals surface area contributed by atoms with Gasteiger partial charge in [0.15, 0.2) is 6.29 Å². The largest absolute Gasteiger partial charge is 0.352 e. The number of rotatable bonds is 4. The molecule has 0 bridgehead atoms. The molecule has 1 aromatic rings. The monoisotopic (exact) mass is 343 g/mol. The fourth-order valence-electron chi connectivity index (χ4n) is 3.85. The molecule has 2 fully saturated rings. The predicted octanol–water partition coefficient (Wildman–Crippen LogP) is 4.93. The van der Waals surface area contributed by atoms with Crippen LogP contribution in [0.5, 0.6) is 0 Å². The summed E-state index contributed by atoms with van der Waals surface area (Å²) in [6.07, 6.45) is 9.40. The highest BCUT2D eigenvalue weighted by atomic mass is 19.1. The molecular formula is C21H26FNO2. The van der Waals surface area contributed by atoms with E-state index in [1.165, 1.54) is 6.07 Å². The molecule has 0 amide bonds. The number of hydrogen-bond donors (Lipinski definition) is 0. The van der Waals surface area contributed by atoms with Gasteiger partial charge < -0.3 is 9.47 Å². The maximum Gasteiger partial charge on any atom is 0.160 e. The van der Waals surface area contributed by atoms with Gasteiger partial charge in [-0.1, -0.05) is 25.1 Å². The summed E-state index contributed by atoms with van der Waals surface area (Å²) in [5.41, 5.74) is 1.12. The first kappa shape index (κ1) is 18.1. The lowest BCUT2D eigenvalue weighted by Gasteiger charge is -2.37. The molecular weight excluding hydrogens is 317 g/mol. The van der Waals surface area contributed by atoms with Crippen LogP contribution in [0.4, 0.5) is 4.39 Å². The highest BCUT2D eigenvalue weighted by Crippen LogP contribution is 2.39. The van der Waals surface area contributed by atoms with Gasteiger partial charge in [-0.3, -0.25) is 0 Å². The van der Waals surface area contributed by atoms with Crippen LogP contribution in [0.2, 0.25) is 0 Å². The molecule has 0 unspecified atom stereocenters. The van der Waals surface area contributed by atoms with E-state index in [0.717, 1.165) is 50.9 Å². The zero-order valence-electron chi connectivity index (χ0n) is 14.8. The molecule has 1 saturated heterocycles. The normalized spacial score (nSPS) is 30.3. The first-order chi connectivity index (χ1) is 12.2. The zero-order chi connectivity index (χ0) is 17.6. The van der Waals surface area contributed by atoms with Crippen molar-refractivity contribution < 1.29 is 13.9 Å². The van der Waals surface area contributed by atoms with Crippen molar-refractivity contribution in [2.24, 2.45) is 11.8 Å². The number of nitrogens with zero attached hydrogens (tertiary/aromatic N) is 1. The Morgan fingerprint density at radius 3 is 2.52 bits per heavy atom. The van der Waals surface area contributed by atoms with Crippen LogP contribution in [0.25, 0.3) is 0 Å². The maximum atomic E-state index is 13.8. The Morgan fingerprint density at radius 2 is 1.92 bits per heavy atom. The lowest BCUT2D eigenvalue weighted by Crippen LogP contribution is -2.37. The summed E-state index contributed by atoms with van der Waals surface area (Å²) in [7, 11) is 0. The first-order valence-corrected chi connectivity index (χ1v) is 9.30. The number of nitriles is 1. The minimum atomic E-state index is -0.410. The molecule has 1 heterocycles. The van der Waals surface area contributed by atoms with Crippen LogP contribution >= 0.6 is 0 Å². The average molecular weight is 343 g/mol. The molecule has 0 aromatic heterocycles. The second kappa shape index (κ2) is 8.60. The van der Waals surface area contributed by atoms with E-state index >= 15 is 0 Å². The quantitative estimate of drug-likeness (QED) is 0.728. The fraction of sp³-hybridized carbons (Fsp3) is 0.571. The van der Waals surface area contributed by atoms with Crippen molar-refractivity contribution in [3.8, 4) is 6.07 Å².